The fourth-order valence-electron chi connectivity index (χ4n) is 2.18. The van der Waals surface area contributed by atoms with E-state index in [0.717, 1.165) is 23.1 Å². The van der Waals surface area contributed by atoms with Gasteiger partial charge < -0.3 is 5.32 Å². The SMILES string of the molecule is Cc1nn(CC(=O)NC(c2cccnc2)C(F)(F)F)c(C)c1C. The Morgan fingerprint density at radius 1 is 1.35 bits per heavy atom. The molecule has 8 heteroatoms. The molecule has 0 radical (unpaired) electrons. The number of amides is 1. The third-order valence-corrected chi connectivity index (χ3v) is 3.69. The Bertz CT molecular complexity index is 695. The molecule has 0 bridgehead atoms. The molecule has 1 N–H and O–H groups in total. The molecule has 2 aromatic heterocycles. The van der Waals surface area contributed by atoms with E-state index in [0.29, 0.717) is 0 Å². The maximum absolute atomic E-state index is 13.2. The Morgan fingerprint density at radius 3 is 2.52 bits per heavy atom. The standard InChI is InChI=1S/C15H17F3N4O/c1-9-10(2)21-22(11(9)3)8-13(23)20-14(15(16,17)18)12-5-4-6-19-7-12/h4-7,14H,8H2,1-3H3,(H,20,23). The Morgan fingerprint density at radius 2 is 2.04 bits per heavy atom. The lowest BCUT2D eigenvalue weighted by Gasteiger charge is -2.21. The van der Waals surface area contributed by atoms with E-state index in [1.54, 1.807) is 13.8 Å². The zero-order valence-electron chi connectivity index (χ0n) is 13.0. The fraction of sp³-hybridized carbons (Fsp3) is 0.400. The van der Waals surface area contributed by atoms with Gasteiger partial charge in [0.2, 0.25) is 5.91 Å². The summed E-state index contributed by atoms with van der Waals surface area (Å²) in [4.78, 5) is 15.7. The minimum Gasteiger partial charge on any atom is -0.339 e. The van der Waals surface area contributed by atoms with Crippen molar-refractivity contribution in [3.8, 4) is 0 Å². The summed E-state index contributed by atoms with van der Waals surface area (Å²) >= 11 is 0. The molecule has 0 aliphatic carbocycles. The van der Waals surface area contributed by atoms with Crippen LogP contribution in [0, 0.1) is 20.8 Å². The summed E-state index contributed by atoms with van der Waals surface area (Å²) in [5, 5.41) is 6.17. The van der Waals surface area contributed by atoms with Gasteiger partial charge in [0.05, 0.1) is 5.69 Å². The van der Waals surface area contributed by atoms with Crippen LogP contribution in [0.3, 0.4) is 0 Å². The molecule has 0 saturated carbocycles. The first-order chi connectivity index (χ1) is 10.7. The van der Waals surface area contributed by atoms with E-state index in [4.69, 9.17) is 0 Å². The number of nitrogens with zero attached hydrogens (tertiary/aromatic N) is 3. The average molecular weight is 326 g/mol. The molecule has 2 heterocycles. The molecule has 5 nitrogen and oxygen atoms in total. The molecule has 0 fully saturated rings. The minimum absolute atomic E-state index is 0.113. The normalized spacial score (nSPS) is 13.0. The number of nitrogens with one attached hydrogen (secondary N) is 1. The van der Waals surface area contributed by atoms with Crippen LogP contribution in [-0.4, -0.2) is 26.8 Å². The molecule has 23 heavy (non-hydrogen) atoms. The smallest absolute Gasteiger partial charge is 0.339 e. The van der Waals surface area contributed by atoms with Crippen molar-refractivity contribution >= 4 is 5.91 Å². The third-order valence-electron chi connectivity index (χ3n) is 3.69. The highest BCUT2D eigenvalue weighted by Gasteiger charge is 2.42. The molecule has 2 rings (SSSR count). The molecule has 0 saturated heterocycles. The highest BCUT2D eigenvalue weighted by molar-refractivity contribution is 5.76. The summed E-state index contributed by atoms with van der Waals surface area (Å²) in [6.45, 7) is 5.13. The summed E-state index contributed by atoms with van der Waals surface area (Å²) in [7, 11) is 0. The van der Waals surface area contributed by atoms with E-state index in [1.165, 1.54) is 23.0 Å². The zero-order chi connectivity index (χ0) is 17.2. The van der Waals surface area contributed by atoms with Crippen LogP contribution < -0.4 is 5.32 Å². The number of carbonyl (C=O) groups excluding carboxylic acids is 1. The monoisotopic (exact) mass is 326 g/mol. The molecular formula is C15H17F3N4O. The molecule has 0 aliphatic heterocycles. The Labute approximate surface area is 131 Å². The van der Waals surface area contributed by atoms with Gasteiger partial charge in [0.15, 0.2) is 6.04 Å². The Kier molecular flexibility index (Phi) is 4.72. The predicted molar refractivity (Wildman–Crippen MR) is 77.6 cm³/mol. The van der Waals surface area contributed by atoms with Crippen molar-refractivity contribution < 1.29 is 18.0 Å². The van der Waals surface area contributed by atoms with Crippen LogP contribution in [0.1, 0.15) is 28.6 Å². The van der Waals surface area contributed by atoms with Crippen LogP contribution in [0.2, 0.25) is 0 Å². The number of halogens is 3. The van der Waals surface area contributed by atoms with E-state index < -0.39 is 18.1 Å². The molecule has 124 valence electrons. The zero-order valence-corrected chi connectivity index (χ0v) is 13.0. The quantitative estimate of drug-likeness (QED) is 0.939. The summed E-state index contributed by atoms with van der Waals surface area (Å²) in [5.74, 6) is -0.762. The van der Waals surface area contributed by atoms with Crippen molar-refractivity contribution in [1.82, 2.24) is 20.1 Å². The fourth-order valence-corrected chi connectivity index (χ4v) is 2.18. The van der Waals surface area contributed by atoms with Crippen LogP contribution in [-0.2, 0) is 11.3 Å². The number of rotatable bonds is 4. The van der Waals surface area contributed by atoms with Gasteiger partial charge >= 0.3 is 6.18 Å². The summed E-state index contributed by atoms with van der Waals surface area (Å²) in [6, 6.07) is 0.575. The number of pyridine rings is 1. The lowest BCUT2D eigenvalue weighted by molar-refractivity contribution is -0.163. The Hall–Kier alpha value is -2.38. The van der Waals surface area contributed by atoms with Crippen molar-refractivity contribution in [3.63, 3.8) is 0 Å². The van der Waals surface area contributed by atoms with E-state index in [1.807, 2.05) is 12.2 Å². The first-order valence-corrected chi connectivity index (χ1v) is 6.96. The topological polar surface area (TPSA) is 59.8 Å². The lowest BCUT2D eigenvalue weighted by atomic mass is 10.1. The van der Waals surface area contributed by atoms with Gasteiger partial charge in [-0.15, -0.1) is 0 Å². The maximum Gasteiger partial charge on any atom is 0.412 e. The third kappa shape index (κ3) is 3.88. The summed E-state index contributed by atoms with van der Waals surface area (Å²) in [5.41, 5.74) is 2.30. The van der Waals surface area contributed by atoms with Gasteiger partial charge in [-0.05, 0) is 32.4 Å². The van der Waals surface area contributed by atoms with Crippen LogP contribution in [0.4, 0.5) is 13.2 Å². The number of carbonyl (C=O) groups is 1. The van der Waals surface area contributed by atoms with E-state index in [9.17, 15) is 18.0 Å². The second-order valence-corrected chi connectivity index (χ2v) is 5.28. The van der Waals surface area contributed by atoms with Crippen LogP contribution >= 0.6 is 0 Å². The average Bonchev–Trinajstić information content (AvgIpc) is 2.72. The number of hydrogen-bond acceptors (Lipinski definition) is 3. The van der Waals surface area contributed by atoms with Crippen LogP contribution in [0.5, 0.6) is 0 Å². The highest BCUT2D eigenvalue weighted by Crippen LogP contribution is 2.32. The molecule has 0 aliphatic rings. The molecule has 0 aromatic carbocycles. The van der Waals surface area contributed by atoms with Gasteiger partial charge in [-0.3, -0.25) is 14.5 Å². The minimum atomic E-state index is -4.61. The van der Waals surface area contributed by atoms with E-state index in [2.05, 4.69) is 10.1 Å². The number of aromatic nitrogens is 3. The molecule has 2 aromatic rings. The van der Waals surface area contributed by atoms with Gasteiger partial charge in [-0.1, -0.05) is 6.07 Å². The second kappa shape index (κ2) is 6.39. The van der Waals surface area contributed by atoms with Gasteiger partial charge in [-0.25, -0.2) is 0 Å². The summed E-state index contributed by atoms with van der Waals surface area (Å²) in [6.07, 6.45) is -2.15. The van der Waals surface area contributed by atoms with E-state index >= 15 is 0 Å². The van der Waals surface area contributed by atoms with Crippen molar-refractivity contribution in [2.24, 2.45) is 0 Å². The van der Waals surface area contributed by atoms with Crippen molar-refractivity contribution in [2.45, 2.75) is 39.5 Å². The number of hydrogen-bond donors (Lipinski definition) is 1. The Balaban J connectivity index is 2.17. The van der Waals surface area contributed by atoms with Crippen LogP contribution in [0.15, 0.2) is 24.5 Å². The highest BCUT2D eigenvalue weighted by atomic mass is 19.4. The van der Waals surface area contributed by atoms with Gasteiger partial charge in [0.25, 0.3) is 0 Å². The van der Waals surface area contributed by atoms with Crippen LogP contribution in [0.25, 0.3) is 0 Å². The molecular weight excluding hydrogens is 309 g/mol. The molecule has 1 atom stereocenters. The predicted octanol–water partition coefficient (Wildman–Crippen LogP) is 2.62. The van der Waals surface area contributed by atoms with Gasteiger partial charge in [0.1, 0.15) is 6.54 Å². The van der Waals surface area contributed by atoms with Gasteiger partial charge in [0, 0.05) is 23.7 Å². The lowest BCUT2D eigenvalue weighted by Crippen LogP contribution is -2.40. The first kappa shape index (κ1) is 17.0. The molecule has 1 amide bonds. The van der Waals surface area contributed by atoms with Crippen molar-refractivity contribution in [2.75, 3.05) is 0 Å². The summed E-state index contributed by atoms with van der Waals surface area (Å²) < 4.78 is 41.0. The number of alkyl halides is 3. The largest absolute Gasteiger partial charge is 0.412 e. The number of aryl methyl sites for hydroxylation is 1. The van der Waals surface area contributed by atoms with Crippen molar-refractivity contribution in [1.29, 1.82) is 0 Å². The van der Waals surface area contributed by atoms with E-state index in [-0.39, 0.29) is 12.1 Å². The second-order valence-electron chi connectivity index (χ2n) is 5.28. The maximum atomic E-state index is 13.2. The van der Waals surface area contributed by atoms with Gasteiger partial charge in [-0.2, -0.15) is 18.3 Å². The molecule has 1 unspecified atom stereocenters. The van der Waals surface area contributed by atoms with Crippen molar-refractivity contribution in [3.05, 3.63) is 47.0 Å². The first-order valence-electron chi connectivity index (χ1n) is 6.96. The molecule has 0 spiro atoms.